The number of hydrogen-bond donors (Lipinski definition) is 1. The molecule has 0 saturated carbocycles. The van der Waals surface area contributed by atoms with Crippen LogP contribution in [-0.2, 0) is 6.42 Å². The highest BCUT2D eigenvalue weighted by Crippen LogP contribution is 2.30. The summed E-state index contributed by atoms with van der Waals surface area (Å²) in [5.41, 5.74) is 2.19. The maximum atomic E-state index is 11.0. The SMILES string of the molecule is CCCNC1CSCC1Cc1cccc([N+](=O)[O-])c1C. The van der Waals surface area contributed by atoms with E-state index in [1.54, 1.807) is 12.1 Å². The molecule has 2 atom stereocenters. The lowest BCUT2D eigenvalue weighted by Gasteiger charge is -2.20. The first kappa shape index (κ1) is 15.3. The molecule has 1 heterocycles. The van der Waals surface area contributed by atoms with Gasteiger partial charge in [0.05, 0.1) is 4.92 Å². The lowest BCUT2D eigenvalue weighted by molar-refractivity contribution is -0.385. The Morgan fingerprint density at radius 3 is 2.95 bits per heavy atom. The molecule has 2 unspecified atom stereocenters. The van der Waals surface area contributed by atoms with E-state index >= 15 is 0 Å². The number of nitro groups is 1. The molecule has 1 aliphatic heterocycles. The summed E-state index contributed by atoms with van der Waals surface area (Å²) in [5, 5.41) is 14.6. The number of nitrogens with zero attached hydrogens (tertiary/aromatic N) is 1. The van der Waals surface area contributed by atoms with Gasteiger partial charge in [-0.2, -0.15) is 11.8 Å². The van der Waals surface area contributed by atoms with Gasteiger partial charge in [0, 0.05) is 23.4 Å². The van der Waals surface area contributed by atoms with Gasteiger partial charge in [-0.25, -0.2) is 0 Å². The number of nitrogens with one attached hydrogen (secondary N) is 1. The van der Waals surface area contributed by atoms with Crippen molar-refractivity contribution < 1.29 is 4.92 Å². The van der Waals surface area contributed by atoms with E-state index < -0.39 is 0 Å². The molecular weight excluding hydrogens is 272 g/mol. The second-order valence-corrected chi connectivity index (χ2v) is 6.46. The maximum absolute atomic E-state index is 11.0. The summed E-state index contributed by atoms with van der Waals surface area (Å²) in [6, 6.07) is 5.97. The third-order valence-corrected chi connectivity index (χ3v) is 5.21. The van der Waals surface area contributed by atoms with Crippen LogP contribution in [0.3, 0.4) is 0 Å². The van der Waals surface area contributed by atoms with Gasteiger partial charge in [0.15, 0.2) is 0 Å². The number of nitro benzene ring substituents is 1. The smallest absolute Gasteiger partial charge is 0.272 e. The minimum Gasteiger partial charge on any atom is -0.313 e. The topological polar surface area (TPSA) is 55.2 Å². The summed E-state index contributed by atoms with van der Waals surface area (Å²) >= 11 is 1.98. The molecule has 4 nitrogen and oxygen atoms in total. The summed E-state index contributed by atoms with van der Waals surface area (Å²) < 4.78 is 0. The van der Waals surface area contributed by atoms with Crippen molar-refractivity contribution in [1.29, 1.82) is 0 Å². The Kier molecular flexibility index (Phi) is 5.43. The lowest BCUT2D eigenvalue weighted by atomic mass is 9.92. The van der Waals surface area contributed by atoms with E-state index in [4.69, 9.17) is 0 Å². The highest BCUT2D eigenvalue weighted by atomic mass is 32.2. The van der Waals surface area contributed by atoms with E-state index in [1.807, 2.05) is 24.8 Å². The first-order chi connectivity index (χ1) is 9.63. The predicted octanol–water partition coefficient (Wildman–Crippen LogP) is 3.18. The van der Waals surface area contributed by atoms with Gasteiger partial charge in [-0.05, 0) is 43.5 Å². The van der Waals surface area contributed by atoms with Gasteiger partial charge in [-0.15, -0.1) is 0 Å². The van der Waals surface area contributed by atoms with Gasteiger partial charge in [0.25, 0.3) is 5.69 Å². The maximum Gasteiger partial charge on any atom is 0.272 e. The van der Waals surface area contributed by atoms with Gasteiger partial charge in [-0.1, -0.05) is 19.1 Å². The summed E-state index contributed by atoms with van der Waals surface area (Å²) in [5.74, 6) is 2.87. The van der Waals surface area contributed by atoms with Gasteiger partial charge < -0.3 is 5.32 Å². The quantitative estimate of drug-likeness (QED) is 0.647. The summed E-state index contributed by atoms with van der Waals surface area (Å²) in [4.78, 5) is 10.7. The molecule has 2 rings (SSSR count). The Labute approximate surface area is 124 Å². The van der Waals surface area contributed by atoms with E-state index in [0.717, 1.165) is 42.0 Å². The molecule has 1 aromatic carbocycles. The van der Waals surface area contributed by atoms with Crippen LogP contribution in [0.1, 0.15) is 24.5 Å². The molecule has 110 valence electrons. The normalized spacial score (nSPS) is 22.1. The van der Waals surface area contributed by atoms with E-state index in [1.165, 1.54) is 0 Å². The fourth-order valence-electron chi connectivity index (χ4n) is 2.73. The molecule has 0 spiro atoms. The van der Waals surface area contributed by atoms with Gasteiger partial charge in [-0.3, -0.25) is 10.1 Å². The van der Waals surface area contributed by atoms with Crippen LogP contribution in [-0.4, -0.2) is 29.0 Å². The molecule has 1 aliphatic rings. The van der Waals surface area contributed by atoms with Crippen LogP contribution in [0.15, 0.2) is 18.2 Å². The largest absolute Gasteiger partial charge is 0.313 e. The first-order valence-electron chi connectivity index (χ1n) is 7.17. The first-order valence-corrected chi connectivity index (χ1v) is 8.33. The van der Waals surface area contributed by atoms with Crippen molar-refractivity contribution in [3.05, 3.63) is 39.4 Å². The lowest BCUT2D eigenvalue weighted by Crippen LogP contribution is -2.36. The van der Waals surface area contributed by atoms with E-state index in [0.29, 0.717) is 12.0 Å². The van der Waals surface area contributed by atoms with Crippen molar-refractivity contribution in [3.8, 4) is 0 Å². The van der Waals surface area contributed by atoms with Gasteiger partial charge >= 0.3 is 0 Å². The average Bonchev–Trinajstić information content (AvgIpc) is 2.85. The van der Waals surface area contributed by atoms with Crippen LogP contribution in [0.25, 0.3) is 0 Å². The third-order valence-electron chi connectivity index (χ3n) is 3.95. The Morgan fingerprint density at radius 1 is 1.45 bits per heavy atom. The molecule has 1 aromatic rings. The van der Waals surface area contributed by atoms with Gasteiger partial charge in [0.2, 0.25) is 0 Å². The Bertz CT molecular complexity index is 479. The van der Waals surface area contributed by atoms with Crippen LogP contribution in [0, 0.1) is 23.0 Å². The van der Waals surface area contributed by atoms with Crippen LogP contribution < -0.4 is 5.32 Å². The molecule has 0 amide bonds. The molecule has 5 heteroatoms. The van der Waals surface area contributed by atoms with E-state index in [2.05, 4.69) is 12.2 Å². The van der Waals surface area contributed by atoms with Crippen LogP contribution >= 0.6 is 11.8 Å². The van der Waals surface area contributed by atoms with Gasteiger partial charge in [0.1, 0.15) is 0 Å². The monoisotopic (exact) mass is 294 g/mol. The number of hydrogen-bond acceptors (Lipinski definition) is 4. The minimum atomic E-state index is -0.283. The van der Waals surface area contributed by atoms with Crippen molar-refractivity contribution in [3.63, 3.8) is 0 Å². The predicted molar refractivity (Wildman–Crippen MR) is 84.4 cm³/mol. The second-order valence-electron chi connectivity index (χ2n) is 5.38. The van der Waals surface area contributed by atoms with E-state index in [-0.39, 0.29) is 10.6 Å². The molecular formula is C15H22N2O2S. The van der Waals surface area contributed by atoms with Crippen LogP contribution in [0.4, 0.5) is 5.69 Å². The summed E-state index contributed by atoms with van der Waals surface area (Å²) in [6.45, 7) is 5.09. The van der Waals surface area contributed by atoms with Crippen molar-refractivity contribution in [2.24, 2.45) is 5.92 Å². The molecule has 1 fully saturated rings. The van der Waals surface area contributed by atoms with E-state index in [9.17, 15) is 10.1 Å². The molecule has 0 aromatic heterocycles. The molecule has 0 bridgehead atoms. The Hall–Kier alpha value is -1.07. The highest BCUT2D eigenvalue weighted by molar-refractivity contribution is 7.99. The van der Waals surface area contributed by atoms with Crippen LogP contribution in [0.2, 0.25) is 0 Å². The molecule has 1 N–H and O–H groups in total. The van der Waals surface area contributed by atoms with Crippen molar-refractivity contribution in [2.75, 3.05) is 18.1 Å². The minimum absolute atomic E-state index is 0.242. The number of benzene rings is 1. The zero-order chi connectivity index (χ0) is 14.5. The fourth-order valence-corrected chi connectivity index (χ4v) is 4.16. The summed E-state index contributed by atoms with van der Waals surface area (Å²) in [6.07, 6.45) is 2.08. The molecule has 1 saturated heterocycles. The second kappa shape index (κ2) is 7.09. The molecule has 0 radical (unpaired) electrons. The zero-order valence-electron chi connectivity index (χ0n) is 12.1. The van der Waals surface area contributed by atoms with Crippen LogP contribution in [0.5, 0.6) is 0 Å². The molecule has 20 heavy (non-hydrogen) atoms. The Balaban J connectivity index is 2.09. The average molecular weight is 294 g/mol. The van der Waals surface area contributed by atoms with Crippen molar-refractivity contribution in [2.45, 2.75) is 32.7 Å². The number of thioether (sulfide) groups is 1. The number of rotatable bonds is 6. The fraction of sp³-hybridized carbons (Fsp3) is 0.600. The molecule has 0 aliphatic carbocycles. The standard InChI is InChI=1S/C15H22N2O2S/c1-3-7-16-14-10-20-9-13(14)8-12-5-4-6-15(11(12)2)17(18)19/h4-6,13-14,16H,3,7-10H2,1-2H3. The Morgan fingerprint density at radius 2 is 2.25 bits per heavy atom. The van der Waals surface area contributed by atoms with Crippen molar-refractivity contribution in [1.82, 2.24) is 5.32 Å². The third kappa shape index (κ3) is 3.52. The van der Waals surface area contributed by atoms with Crippen molar-refractivity contribution >= 4 is 17.4 Å². The zero-order valence-corrected chi connectivity index (χ0v) is 12.9. The summed E-state index contributed by atoms with van der Waals surface area (Å²) in [7, 11) is 0. The highest BCUT2D eigenvalue weighted by Gasteiger charge is 2.28.